The first-order valence-electron chi connectivity index (χ1n) is 4.96. The molecule has 86 valence electrons. The molecule has 0 amide bonds. The Kier molecular flexibility index (Phi) is 6.57. The normalized spacial score (nSPS) is 12.6. The third-order valence-electron chi connectivity index (χ3n) is 2.20. The molecular formula is C12H18N4. The van der Waals surface area contributed by atoms with Crippen LogP contribution < -0.4 is 11.1 Å². The molecule has 0 spiro atoms. The molecule has 4 N–H and O–H groups in total. The minimum absolute atomic E-state index is 0.457. The largest absolute Gasteiger partial charge is 0.390 e. The van der Waals surface area contributed by atoms with E-state index >= 15 is 0 Å². The Morgan fingerprint density at radius 2 is 2.00 bits per heavy atom. The van der Waals surface area contributed by atoms with E-state index in [1.165, 1.54) is 5.56 Å². The first kappa shape index (κ1) is 14.1. The van der Waals surface area contributed by atoms with Crippen LogP contribution in [0.4, 0.5) is 0 Å². The van der Waals surface area contributed by atoms with Gasteiger partial charge in [0.1, 0.15) is 5.54 Å². The lowest BCUT2D eigenvalue weighted by atomic mass is 9.95. The molecule has 0 aliphatic rings. The van der Waals surface area contributed by atoms with Crippen molar-refractivity contribution in [1.82, 2.24) is 5.32 Å². The molecule has 1 aromatic carbocycles. The molecule has 0 fully saturated rings. The van der Waals surface area contributed by atoms with Gasteiger partial charge < -0.3 is 11.1 Å². The second-order valence-corrected chi connectivity index (χ2v) is 3.52. The highest BCUT2D eigenvalue weighted by molar-refractivity contribution is 5.46. The molecule has 1 aromatic rings. The zero-order valence-corrected chi connectivity index (χ0v) is 9.70. The summed E-state index contributed by atoms with van der Waals surface area (Å²) >= 11 is 0. The van der Waals surface area contributed by atoms with Crippen LogP contribution in [0.15, 0.2) is 30.3 Å². The predicted octanol–water partition coefficient (Wildman–Crippen LogP) is 1.28. The van der Waals surface area contributed by atoms with Crippen molar-refractivity contribution in [3.63, 3.8) is 0 Å². The second-order valence-electron chi connectivity index (χ2n) is 3.52. The molecule has 16 heavy (non-hydrogen) atoms. The maximum atomic E-state index is 8.93. The number of rotatable bonds is 3. The van der Waals surface area contributed by atoms with Crippen LogP contribution in [-0.4, -0.2) is 18.9 Å². The number of nitrogens with one attached hydrogen (secondary N) is 2. The van der Waals surface area contributed by atoms with Crippen LogP contribution in [0.3, 0.4) is 0 Å². The molecule has 0 saturated heterocycles. The third kappa shape index (κ3) is 5.13. The minimum Gasteiger partial charge on any atom is -0.390 e. The highest BCUT2D eigenvalue weighted by Gasteiger charge is 2.20. The molecule has 1 unspecified atom stereocenters. The quantitative estimate of drug-likeness (QED) is 0.527. The molecule has 0 bridgehead atoms. The fourth-order valence-corrected chi connectivity index (χ4v) is 1.19. The van der Waals surface area contributed by atoms with E-state index in [1.807, 2.05) is 44.3 Å². The van der Waals surface area contributed by atoms with E-state index in [0.717, 1.165) is 12.8 Å². The van der Waals surface area contributed by atoms with Crippen molar-refractivity contribution in [3.8, 4) is 6.07 Å². The summed E-state index contributed by atoms with van der Waals surface area (Å²) in [5, 5.41) is 17.8. The molecule has 4 nitrogen and oxygen atoms in total. The summed E-state index contributed by atoms with van der Waals surface area (Å²) in [5.41, 5.74) is 5.11. The van der Waals surface area contributed by atoms with E-state index < -0.39 is 5.54 Å². The number of nitrogens with two attached hydrogens (primary N) is 1. The molecule has 0 radical (unpaired) electrons. The lowest BCUT2D eigenvalue weighted by Crippen LogP contribution is -2.40. The van der Waals surface area contributed by atoms with Gasteiger partial charge in [-0.2, -0.15) is 5.26 Å². The fourth-order valence-electron chi connectivity index (χ4n) is 1.19. The number of hydrogen-bond acceptors (Lipinski definition) is 3. The molecular weight excluding hydrogens is 200 g/mol. The van der Waals surface area contributed by atoms with Crippen LogP contribution in [0.2, 0.25) is 0 Å². The first-order valence-corrected chi connectivity index (χ1v) is 4.96. The smallest absolute Gasteiger partial charge is 0.107 e. The summed E-state index contributed by atoms with van der Waals surface area (Å²) in [6.45, 7) is 1.90. The Balaban J connectivity index is 0.000000673. The van der Waals surface area contributed by atoms with E-state index in [2.05, 4.69) is 17.1 Å². The van der Waals surface area contributed by atoms with Crippen molar-refractivity contribution in [3.05, 3.63) is 35.9 Å². The predicted molar refractivity (Wildman–Crippen MR) is 66.2 cm³/mol. The highest BCUT2D eigenvalue weighted by atomic mass is 14.9. The molecule has 0 heterocycles. The van der Waals surface area contributed by atoms with Crippen molar-refractivity contribution in [2.24, 2.45) is 5.73 Å². The monoisotopic (exact) mass is 218 g/mol. The third-order valence-corrected chi connectivity index (χ3v) is 2.20. The molecule has 0 saturated carbocycles. The topological polar surface area (TPSA) is 85.7 Å². The van der Waals surface area contributed by atoms with Gasteiger partial charge in [0.05, 0.1) is 12.4 Å². The van der Waals surface area contributed by atoms with Crippen LogP contribution in [-0.2, 0) is 6.42 Å². The van der Waals surface area contributed by atoms with Gasteiger partial charge in [-0.1, -0.05) is 30.3 Å². The average Bonchev–Trinajstić information content (AvgIpc) is 2.31. The summed E-state index contributed by atoms with van der Waals surface area (Å²) in [4.78, 5) is 0. The summed E-state index contributed by atoms with van der Waals surface area (Å²) in [6, 6.07) is 12.3. The fraction of sp³-hybridized carbons (Fsp3) is 0.333. The Morgan fingerprint density at radius 3 is 2.38 bits per heavy atom. The van der Waals surface area contributed by atoms with Crippen LogP contribution in [0, 0.1) is 16.7 Å². The van der Waals surface area contributed by atoms with Gasteiger partial charge in [0, 0.05) is 6.42 Å². The number of benzene rings is 1. The summed E-state index contributed by atoms with van der Waals surface area (Å²) in [7, 11) is 1.81. The van der Waals surface area contributed by atoms with Crippen LogP contribution in [0.25, 0.3) is 0 Å². The van der Waals surface area contributed by atoms with Crippen LogP contribution in [0.5, 0.6) is 0 Å². The van der Waals surface area contributed by atoms with Crippen LogP contribution in [0.1, 0.15) is 12.5 Å². The van der Waals surface area contributed by atoms with Gasteiger partial charge in [-0.05, 0) is 19.5 Å². The zero-order chi connectivity index (χ0) is 12.4. The standard InChI is InChI=1S/C11H14N2.CH4N2/c1-11(9-12,13-2)8-10-6-4-3-5-7-10;2-1-3/h3-7,13H,8H2,1-2H3;1H,(H3,2,3). The van der Waals surface area contributed by atoms with Gasteiger partial charge in [0.2, 0.25) is 0 Å². The molecule has 0 aromatic heterocycles. The van der Waals surface area contributed by atoms with E-state index in [1.54, 1.807) is 0 Å². The van der Waals surface area contributed by atoms with Crippen molar-refractivity contribution < 1.29 is 0 Å². The molecule has 0 aliphatic carbocycles. The van der Waals surface area contributed by atoms with Gasteiger partial charge in [-0.25, -0.2) is 0 Å². The highest BCUT2D eigenvalue weighted by Crippen LogP contribution is 2.11. The van der Waals surface area contributed by atoms with Crippen molar-refractivity contribution in [2.75, 3.05) is 7.05 Å². The Hall–Kier alpha value is -1.86. The first-order chi connectivity index (χ1) is 7.61. The molecule has 1 atom stereocenters. The van der Waals surface area contributed by atoms with Gasteiger partial charge in [0.25, 0.3) is 0 Å². The molecule has 4 heteroatoms. The Labute approximate surface area is 96.6 Å². The summed E-state index contributed by atoms with van der Waals surface area (Å²) in [5.74, 6) is 0. The van der Waals surface area contributed by atoms with Gasteiger partial charge in [0.15, 0.2) is 0 Å². The van der Waals surface area contributed by atoms with Crippen molar-refractivity contribution in [1.29, 1.82) is 10.7 Å². The van der Waals surface area contributed by atoms with Crippen molar-refractivity contribution in [2.45, 2.75) is 18.9 Å². The average molecular weight is 218 g/mol. The number of hydrogen-bond donors (Lipinski definition) is 3. The molecule has 0 aliphatic heterocycles. The van der Waals surface area contributed by atoms with E-state index in [-0.39, 0.29) is 0 Å². The number of likely N-dealkylation sites (N-methyl/N-ethyl adjacent to an activating group) is 1. The number of nitriles is 1. The van der Waals surface area contributed by atoms with Gasteiger partial charge >= 0.3 is 0 Å². The Bertz CT molecular complexity index is 342. The van der Waals surface area contributed by atoms with E-state index in [4.69, 9.17) is 10.7 Å². The van der Waals surface area contributed by atoms with E-state index in [0.29, 0.717) is 0 Å². The summed E-state index contributed by atoms with van der Waals surface area (Å²) in [6.07, 6.45) is 1.49. The lowest BCUT2D eigenvalue weighted by molar-refractivity contribution is 0.489. The van der Waals surface area contributed by atoms with Gasteiger partial charge in [-0.3, -0.25) is 5.41 Å². The Morgan fingerprint density at radius 1 is 1.50 bits per heavy atom. The maximum absolute atomic E-state index is 8.93. The SMILES string of the molecule is CNC(C)(C#N)Cc1ccccc1.N=CN. The second kappa shape index (κ2) is 7.43. The lowest BCUT2D eigenvalue weighted by Gasteiger charge is -2.20. The van der Waals surface area contributed by atoms with E-state index in [9.17, 15) is 0 Å². The van der Waals surface area contributed by atoms with Crippen molar-refractivity contribution >= 4 is 6.34 Å². The summed E-state index contributed by atoms with van der Waals surface area (Å²) < 4.78 is 0. The zero-order valence-electron chi connectivity index (χ0n) is 9.70. The number of nitrogens with zero attached hydrogens (tertiary/aromatic N) is 1. The maximum Gasteiger partial charge on any atom is 0.107 e. The minimum atomic E-state index is -0.457. The van der Waals surface area contributed by atoms with Crippen LogP contribution >= 0.6 is 0 Å². The van der Waals surface area contributed by atoms with Gasteiger partial charge in [-0.15, -0.1) is 0 Å². The molecule has 1 rings (SSSR count).